The Bertz CT molecular complexity index is 516. The van der Waals surface area contributed by atoms with Crippen LogP contribution in [0.5, 0.6) is 0 Å². The van der Waals surface area contributed by atoms with Crippen molar-refractivity contribution >= 4 is 11.9 Å². The molecule has 17 heavy (non-hydrogen) atoms. The van der Waals surface area contributed by atoms with Crippen LogP contribution in [0.2, 0.25) is 0 Å². The number of carbonyl (C=O) groups excluding carboxylic acids is 1. The summed E-state index contributed by atoms with van der Waals surface area (Å²) in [7, 11) is 1.38. The van der Waals surface area contributed by atoms with Crippen molar-refractivity contribution in [3.05, 3.63) is 32.6 Å². The Balaban J connectivity index is 2.85. The van der Waals surface area contributed by atoms with E-state index in [9.17, 15) is 19.2 Å². The Morgan fingerprint density at radius 3 is 2.53 bits per heavy atom. The monoisotopic (exact) mass is 241 g/mol. The summed E-state index contributed by atoms with van der Waals surface area (Å²) in [6.07, 6.45) is -0.213. The molecule has 0 aliphatic carbocycles. The van der Waals surface area contributed by atoms with Crippen molar-refractivity contribution in [1.82, 2.24) is 14.9 Å². The third-order valence-corrected chi connectivity index (χ3v) is 2.00. The summed E-state index contributed by atoms with van der Waals surface area (Å²) >= 11 is 0. The van der Waals surface area contributed by atoms with E-state index in [1.807, 2.05) is 4.98 Å². The number of carboxylic acids is 1. The van der Waals surface area contributed by atoms with Gasteiger partial charge in [0.1, 0.15) is 5.69 Å². The van der Waals surface area contributed by atoms with Crippen molar-refractivity contribution in [3.63, 3.8) is 0 Å². The van der Waals surface area contributed by atoms with Crippen LogP contribution in [0.15, 0.2) is 15.7 Å². The summed E-state index contributed by atoms with van der Waals surface area (Å²) in [6.45, 7) is -0.0109. The van der Waals surface area contributed by atoms with E-state index in [-0.39, 0.29) is 18.7 Å². The molecular weight excluding hydrogens is 230 g/mol. The van der Waals surface area contributed by atoms with Crippen molar-refractivity contribution in [1.29, 1.82) is 0 Å². The minimum atomic E-state index is -1.04. The molecule has 92 valence electrons. The van der Waals surface area contributed by atoms with Gasteiger partial charge in [0, 0.05) is 19.7 Å². The van der Waals surface area contributed by atoms with Crippen LogP contribution < -0.4 is 11.2 Å². The highest BCUT2D eigenvalue weighted by Gasteiger charge is 2.14. The second-order valence-corrected chi connectivity index (χ2v) is 3.37. The van der Waals surface area contributed by atoms with Gasteiger partial charge in [0.2, 0.25) is 0 Å². The molecular formula is C9H11N3O5. The minimum Gasteiger partial charge on any atom is -0.481 e. The number of rotatable bonds is 4. The first kappa shape index (κ1) is 12.7. The fourth-order valence-electron chi connectivity index (χ4n) is 1.15. The summed E-state index contributed by atoms with van der Waals surface area (Å²) in [6, 6.07) is 0.945. The highest BCUT2D eigenvalue weighted by Crippen LogP contribution is 1.96. The van der Waals surface area contributed by atoms with Gasteiger partial charge >= 0.3 is 11.7 Å². The zero-order valence-corrected chi connectivity index (χ0v) is 9.02. The lowest BCUT2D eigenvalue weighted by molar-refractivity contribution is -0.137. The first-order valence-corrected chi connectivity index (χ1v) is 4.71. The molecule has 0 spiro atoms. The molecule has 0 saturated carbocycles. The van der Waals surface area contributed by atoms with Crippen molar-refractivity contribution in [2.45, 2.75) is 6.42 Å². The van der Waals surface area contributed by atoms with Gasteiger partial charge in [0.05, 0.1) is 6.42 Å². The lowest BCUT2D eigenvalue weighted by Gasteiger charge is -2.15. The molecule has 1 aromatic heterocycles. The third-order valence-electron chi connectivity index (χ3n) is 2.00. The molecule has 1 rings (SSSR count). The lowest BCUT2D eigenvalue weighted by Crippen LogP contribution is -2.33. The topological polar surface area (TPSA) is 123 Å². The Hall–Kier alpha value is -2.38. The molecule has 1 heterocycles. The molecule has 0 aliphatic rings. The molecule has 0 unspecified atom stereocenters. The molecule has 0 bridgehead atoms. The predicted octanol–water partition coefficient (Wildman–Crippen LogP) is -1.39. The molecule has 0 aromatic carbocycles. The number of aromatic nitrogens is 2. The van der Waals surface area contributed by atoms with E-state index in [0.29, 0.717) is 0 Å². The molecule has 8 nitrogen and oxygen atoms in total. The number of carboxylic acid groups (broad SMARTS) is 1. The normalized spacial score (nSPS) is 9.94. The largest absolute Gasteiger partial charge is 0.481 e. The molecule has 0 radical (unpaired) electrons. The zero-order valence-electron chi connectivity index (χ0n) is 9.02. The minimum absolute atomic E-state index is 0.0109. The Kier molecular flexibility index (Phi) is 3.81. The highest BCUT2D eigenvalue weighted by atomic mass is 16.4. The van der Waals surface area contributed by atoms with Crippen LogP contribution in [-0.4, -0.2) is 45.4 Å². The number of hydrogen-bond acceptors (Lipinski definition) is 4. The van der Waals surface area contributed by atoms with Crippen LogP contribution in [0.25, 0.3) is 0 Å². The van der Waals surface area contributed by atoms with Gasteiger partial charge in [-0.1, -0.05) is 0 Å². The number of H-pyrrole nitrogens is 2. The van der Waals surface area contributed by atoms with Crippen LogP contribution in [-0.2, 0) is 4.79 Å². The van der Waals surface area contributed by atoms with E-state index in [2.05, 4.69) is 4.98 Å². The quantitative estimate of drug-likeness (QED) is 0.598. The average Bonchev–Trinajstić information content (AvgIpc) is 2.23. The van der Waals surface area contributed by atoms with E-state index < -0.39 is 23.1 Å². The van der Waals surface area contributed by atoms with Crippen LogP contribution in [0.1, 0.15) is 16.9 Å². The number of hydrogen-bond donors (Lipinski definition) is 3. The first-order chi connectivity index (χ1) is 7.90. The third kappa shape index (κ3) is 3.59. The highest BCUT2D eigenvalue weighted by molar-refractivity contribution is 5.92. The zero-order chi connectivity index (χ0) is 13.0. The van der Waals surface area contributed by atoms with Crippen LogP contribution >= 0.6 is 0 Å². The van der Waals surface area contributed by atoms with Gasteiger partial charge in [-0.15, -0.1) is 0 Å². The molecule has 0 atom stereocenters. The fraction of sp³-hybridized carbons (Fsp3) is 0.333. The number of nitrogens with one attached hydrogen (secondary N) is 2. The standard InChI is InChI=1S/C9H11N3O5/c1-12(3-2-7(14)15)8(16)5-4-6(13)11-9(17)10-5/h4H,2-3H2,1H3,(H,14,15)(H2,10,11,13,17). The molecule has 8 heteroatoms. The molecule has 3 N–H and O–H groups in total. The second kappa shape index (κ2) is 5.10. The predicted molar refractivity (Wildman–Crippen MR) is 56.9 cm³/mol. The maximum atomic E-state index is 11.7. The van der Waals surface area contributed by atoms with Gasteiger partial charge in [-0.05, 0) is 0 Å². The Morgan fingerprint density at radius 1 is 1.35 bits per heavy atom. The van der Waals surface area contributed by atoms with Crippen molar-refractivity contribution < 1.29 is 14.7 Å². The summed E-state index contributed by atoms with van der Waals surface area (Å²) in [5, 5.41) is 8.45. The number of carbonyl (C=O) groups is 2. The van der Waals surface area contributed by atoms with Crippen molar-refractivity contribution in [2.75, 3.05) is 13.6 Å². The van der Waals surface area contributed by atoms with E-state index in [0.717, 1.165) is 11.0 Å². The number of aliphatic carboxylic acids is 1. The van der Waals surface area contributed by atoms with E-state index in [1.54, 1.807) is 0 Å². The average molecular weight is 241 g/mol. The summed E-state index contributed by atoms with van der Waals surface area (Å²) in [5.41, 5.74) is -1.65. The van der Waals surface area contributed by atoms with Gasteiger partial charge in [-0.3, -0.25) is 19.4 Å². The van der Waals surface area contributed by atoms with Gasteiger partial charge in [-0.2, -0.15) is 0 Å². The molecule has 0 aliphatic heterocycles. The van der Waals surface area contributed by atoms with E-state index in [4.69, 9.17) is 5.11 Å². The number of aromatic amines is 2. The first-order valence-electron chi connectivity index (χ1n) is 4.71. The molecule has 0 fully saturated rings. The van der Waals surface area contributed by atoms with Gasteiger partial charge < -0.3 is 15.0 Å². The smallest absolute Gasteiger partial charge is 0.326 e. The molecule has 0 saturated heterocycles. The van der Waals surface area contributed by atoms with Crippen LogP contribution in [0.3, 0.4) is 0 Å². The number of nitrogens with zero attached hydrogens (tertiary/aromatic N) is 1. The summed E-state index contributed by atoms with van der Waals surface area (Å²) < 4.78 is 0. The summed E-state index contributed by atoms with van der Waals surface area (Å²) in [4.78, 5) is 49.1. The van der Waals surface area contributed by atoms with E-state index >= 15 is 0 Å². The van der Waals surface area contributed by atoms with Crippen molar-refractivity contribution in [3.8, 4) is 0 Å². The van der Waals surface area contributed by atoms with Crippen LogP contribution in [0.4, 0.5) is 0 Å². The van der Waals surface area contributed by atoms with Crippen molar-refractivity contribution in [2.24, 2.45) is 0 Å². The maximum Gasteiger partial charge on any atom is 0.326 e. The summed E-state index contributed by atoms with van der Waals surface area (Å²) in [5.74, 6) is -1.65. The lowest BCUT2D eigenvalue weighted by atomic mass is 10.3. The van der Waals surface area contributed by atoms with E-state index in [1.165, 1.54) is 7.05 Å². The van der Waals surface area contributed by atoms with Gasteiger partial charge in [0.25, 0.3) is 11.5 Å². The Morgan fingerprint density at radius 2 is 2.00 bits per heavy atom. The second-order valence-electron chi connectivity index (χ2n) is 3.37. The maximum absolute atomic E-state index is 11.7. The molecule has 1 amide bonds. The van der Waals surface area contributed by atoms with Gasteiger partial charge in [-0.25, -0.2) is 4.79 Å². The molecule has 1 aromatic rings. The fourth-order valence-corrected chi connectivity index (χ4v) is 1.15. The Labute approximate surface area is 94.9 Å². The number of amides is 1. The SMILES string of the molecule is CN(CCC(=O)O)C(=O)c1cc(=O)[nH]c(=O)[nH]1. The van der Waals surface area contributed by atoms with Gasteiger partial charge in [0.15, 0.2) is 0 Å². The van der Waals surface area contributed by atoms with Crippen LogP contribution in [0, 0.1) is 0 Å².